The van der Waals surface area contributed by atoms with E-state index in [-0.39, 0.29) is 0 Å². The highest BCUT2D eigenvalue weighted by molar-refractivity contribution is 5.64. The maximum Gasteiger partial charge on any atom is 0.194 e. The van der Waals surface area contributed by atoms with E-state index in [0.29, 0.717) is 17.0 Å². The fourth-order valence-corrected chi connectivity index (χ4v) is 5.02. The Labute approximate surface area is 153 Å². The molecule has 0 radical (unpaired) electrons. The summed E-state index contributed by atoms with van der Waals surface area (Å²) < 4.78 is 40.0. The average molecular weight is 358 g/mol. The summed E-state index contributed by atoms with van der Waals surface area (Å²) in [6.45, 7) is 0. The SMILES string of the molecule is Fc1cc(-c2ccc([C@H]3CC[C@H](C4CCCC4)CC3)cc2)cc(F)c1F. The summed E-state index contributed by atoms with van der Waals surface area (Å²) >= 11 is 0. The molecule has 26 heavy (non-hydrogen) atoms. The molecule has 0 nitrogen and oxygen atoms in total. The Bertz CT molecular complexity index is 729. The van der Waals surface area contributed by atoms with E-state index >= 15 is 0 Å². The molecular formula is C23H25F3. The van der Waals surface area contributed by atoms with Gasteiger partial charge in [0.2, 0.25) is 0 Å². The van der Waals surface area contributed by atoms with Crippen molar-refractivity contribution in [3.63, 3.8) is 0 Å². The summed E-state index contributed by atoms with van der Waals surface area (Å²) in [7, 11) is 0. The van der Waals surface area contributed by atoms with E-state index < -0.39 is 17.5 Å². The van der Waals surface area contributed by atoms with Crippen molar-refractivity contribution < 1.29 is 13.2 Å². The third kappa shape index (κ3) is 3.54. The lowest BCUT2D eigenvalue weighted by Crippen LogP contribution is -2.19. The van der Waals surface area contributed by atoms with E-state index in [2.05, 4.69) is 12.1 Å². The molecule has 4 rings (SSSR count). The minimum atomic E-state index is -1.41. The predicted octanol–water partition coefficient (Wildman–Crippen LogP) is 7.23. The van der Waals surface area contributed by atoms with Crippen LogP contribution in [0.25, 0.3) is 11.1 Å². The highest BCUT2D eigenvalue weighted by Crippen LogP contribution is 2.43. The molecule has 2 aliphatic rings. The number of hydrogen-bond acceptors (Lipinski definition) is 0. The van der Waals surface area contributed by atoms with Crippen molar-refractivity contribution in [3.05, 3.63) is 59.4 Å². The Kier molecular flexibility index (Phi) is 5.06. The first-order valence-electron chi connectivity index (χ1n) is 9.86. The second-order valence-electron chi connectivity index (χ2n) is 8.03. The van der Waals surface area contributed by atoms with E-state index in [0.717, 1.165) is 24.0 Å². The third-order valence-electron chi connectivity index (χ3n) is 6.54. The molecule has 0 spiro atoms. The number of benzene rings is 2. The Morgan fingerprint density at radius 1 is 0.615 bits per heavy atom. The standard InChI is InChI=1S/C23H25F3/c24-21-13-20(14-22(25)23(21)26)19-11-9-18(10-12-19)17-7-5-16(6-8-17)15-3-1-2-4-15/h9-17H,1-8H2/t16-,17-. The molecule has 0 saturated heterocycles. The largest absolute Gasteiger partial charge is 0.204 e. The first-order chi connectivity index (χ1) is 12.6. The van der Waals surface area contributed by atoms with Gasteiger partial charge < -0.3 is 0 Å². The smallest absolute Gasteiger partial charge is 0.194 e. The summed E-state index contributed by atoms with van der Waals surface area (Å²) in [5.74, 6) is -1.24. The lowest BCUT2D eigenvalue weighted by atomic mass is 9.73. The molecule has 0 unspecified atom stereocenters. The summed E-state index contributed by atoms with van der Waals surface area (Å²) in [6.07, 6.45) is 10.8. The molecule has 0 heterocycles. The van der Waals surface area contributed by atoms with Crippen LogP contribution in [-0.2, 0) is 0 Å². The first-order valence-corrected chi connectivity index (χ1v) is 9.86. The van der Waals surface area contributed by atoms with Gasteiger partial charge in [0.1, 0.15) is 0 Å². The second-order valence-corrected chi connectivity index (χ2v) is 8.03. The summed E-state index contributed by atoms with van der Waals surface area (Å²) in [4.78, 5) is 0. The monoisotopic (exact) mass is 358 g/mol. The number of halogens is 3. The maximum atomic E-state index is 13.4. The molecular weight excluding hydrogens is 333 g/mol. The van der Waals surface area contributed by atoms with Gasteiger partial charge >= 0.3 is 0 Å². The Morgan fingerprint density at radius 3 is 1.73 bits per heavy atom. The third-order valence-corrected chi connectivity index (χ3v) is 6.54. The molecule has 0 aromatic heterocycles. The molecule has 2 aromatic rings. The minimum Gasteiger partial charge on any atom is -0.204 e. The highest BCUT2D eigenvalue weighted by Gasteiger charge is 2.29. The second kappa shape index (κ2) is 7.46. The van der Waals surface area contributed by atoms with Crippen molar-refractivity contribution in [2.45, 2.75) is 57.3 Å². The van der Waals surface area contributed by atoms with Crippen LogP contribution < -0.4 is 0 Å². The number of rotatable bonds is 3. The normalized spacial score (nSPS) is 24.1. The van der Waals surface area contributed by atoms with Gasteiger partial charge in [0, 0.05) is 0 Å². The van der Waals surface area contributed by atoms with E-state index in [4.69, 9.17) is 0 Å². The molecule has 138 valence electrons. The molecule has 2 fully saturated rings. The van der Waals surface area contributed by atoms with Crippen LogP contribution >= 0.6 is 0 Å². The van der Waals surface area contributed by atoms with Crippen molar-refractivity contribution in [1.82, 2.24) is 0 Å². The van der Waals surface area contributed by atoms with Crippen molar-refractivity contribution in [3.8, 4) is 11.1 Å². The van der Waals surface area contributed by atoms with Crippen LogP contribution in [0.5, 0.6) is 0 Å². The van der Waals surface area contributed by atoms with E-state index in [1.807, 2.05) is 12.1 Å². The van der Waals surface area contributed by atoms with Crippen LogP contribution in [0.4, 0.5) is 13.2 Å². The Morgan fingerprint density at radius 2 is 1.15 bits per heavy atom. The molecule has 3 heteroatoms. The van der Waals surface area contributed by atoms with Crippen molar-refractivity contribution in [2.75, 3.05) is 0 Å². The maximum absolute atomic E-state index is 13.4. The van der Waals surface area contributed by atoms with Gasteiger partial charge in [-0.3, -0.25) is 0 Å². The zero-order valence-electron chi connectivity index (χ0n) is 15.0. The zero-order valence-corrected chi connectivity index (χ0v) is 15.0. The van der Waals surface area contributed by atoms with Crippen LogP contribution in [-0.4, -0.2) is 0 Å². The quantitative estimate of drug-likeness (QED) is 0.508. The summed E-state index contributed by atoms with van der Waals surface area (Å²) in [5.41, 5.74) is 2.39. The predicted molar refractivity (Wildman–Crippen MR) is 98.4 cm³/mol. The topological polar surface area (TPSA) is 0 Å². The molecule has 2 aliphatic carbocycles. The van der Waals surface area contributed by atoms with E-state index in [9.17, 15) is 13.2 Å². The fourth-order valence-electron chi connectivity index (χ4n) is 5.02. The van der Waals surface area contributed by atoms with Crippen LogP contribution in [0.1, 0.15) is 62.8 Å². The summed E-state index contributed by atoms with van der Waals surface area (Å²) in [5, 5.41) is 0. The Balaban J connectivity index is 1.43. The molecule has 0 bridgehead atoms. The minimum absolute atomic E-state index is 0.373. The molecule has 2 aromatic carbocycles. The van der Waals surface area contributed by atoms with Gasteiger partial charge in [0.05, 0.1) is 0 Å². The van der Waals surface area contributed by atoms with Gasteiger partial charge in [-0.05, 0) is 72.3 Å². The molecule has 0 amide bonds. The average Bonchev–Trinajstić information content (AvgIpc) is 3.21. The van der Waals surface area contributed by atoms with Crippen LogP contribution in [0.2, 0.25) is 0 Å². The van der Waals surface area contributed by atoms with E-state index in [1.165, 1.54) is 56.9 Å². The van der Waals surface area contributed by atoms with Crippen LogP contribution in [0.15, 0.2) is 36.4 Å². The molecule has 0 aliphatic heterocycles. The Hall–Kier alpha value is -1.77. The van der Waals surface area contributed by atoms with Gasteiger partial charge in [0.25, 0.3) is 0 Å². The van der Waals surface area contributed by atoms with Gasteiger partial charge in [-0.15, -0.1) is 0 Å². The highest BCUT2D eigenvalue weighted by atomic mass is 19.2. The molecule has 2 saturated carbocycles. The van der Waals surface area contributed by atoms with Crippen molar-refractivity contribution in [1.29, 1.82) is 0 Å². The van der Waals surface area contributed by atoms with Gasteiger partial charge in [-0.25, -0.2) is 13.2 Å². The zero-order chi connectivity index (χ0) is 18.1. The van der Waals surface area contributed by atoms with Crippen molar-refractivity contribution in [2.24, 2.45) is 11.8 Å². The van der Waals surface area contributed by atoms with Crippen LogP contribution in [0, 0.1) is 29.3 Å². The van der Waals surface area contributed by atoms with Gasteiger partial charge in [-0.2, -0.15) is 0 Å². The summed E-state index contributed by atoms with van der Waals surface area (Å²) in [6, 6.07) is 10.0. The van der Waals surface area contributed by atoms with Crippen molar-refractivity contribution >= 4 is 0 Å². The van der Waals surface area contributed by atoms with E-state index in [1.54, 1.807) is 0 Å². The van der Waals surface area contributed by atoms with Crippen LogP contribution in [0.3, 0.4) is 0 Å². The number of hydrogen-bond donors (Lipinski definition) is 0. The fraction of sp³-hybridized carbons (Fsp3) is 0.478. The lowest BCUT2D eigenvalue weighted by molar-refractivity contribution is 0.235. The first kappa shape index (κ1) is 17.6. The molecule has 0 N–H and O–H groups in total. The lowest BCUT2D eigenvalue weighted by Gasteiger charge is -2.32. The van der Waals surface area contributed by atoms with Gasteiger partial charge in [0.15, 0.2) is 17.5 Å². The molecule has 0 atom stereocenters. The van der Waals surface area contributed by atoms with Gasteiger partial charge in [-0.1, -0.05) is 49.9 Å².